The van der Waals surface area contributed by atoms with Gasteiger partial charge in [-0.3, -0.25) is 28.8 Å². The molecule has 7 rings (SSSR count). The fourth-order valence-electron chi connectivity index (χ4n) is 10.3. The highest BCUT2D eigenvalue weighted by atomic mass is 16.5. The number of carbonyl (C=O) groups excluding carboxylic acids is 6. The number of fused-ring (bicyclic) bond motifs is 2. The Hall–Kier alpha value is -6.46. The van der Waals surface area contributed by atoms with E-state index in [2.05, 4.69) is 54.2 Å². The Morgan fingerprint density at radius 2 is 1.34 bits per heavy atom. The number of nitrogens with one attached hydrogen (secondary N) is 6. The van der Waals surface area contributed by atoms with Crippen molar-refractivity contribution in [1.29, 1.82) is 0 Å². The van der Waals surface area contributed by atoms with Gasteiger partial charge in [0.25, 0.3) is 0 Å². The molecule has 17 nitrogen and oxygen atoms in total. The molecule has 73 heavy (non-hydrogen) atoms. The van der Waals surface area contributed by atoms with Crippen molar-refractivity contribution < 1.29 is 33.3 Å². The minimum absolute atomic E-state index is 0.0386. The summed E-state index contributed by atoms with van der Waals surface area (Å²) in [7, 11) is 3.36. The summed E-state index contributed by atoms with van der Waals surface area (Å²) >= 11 is 0. The first-order chi connectivity index (χ1) is 34.6. The highest BCUT2D eigenvalue weighted by Gasteiger charge is 2.47. The zero-order valence-electron chi connectivity index (χ0n) is 44.4. The lowest BCUT2D eigenvalue weighted by atomic mass is 9.83. The van der Waals surface area contributed by atoms with Gasteiger partial charge in [0.2, 0.25) is 41.3 Å². The van der Waals surface area contributed by atoms with Gasteiger partial charge in [-0.1, -0.05) is 119 Å². The van der Waals surface area contributed by atoms with Crippen LogP contribution in [0.3, 0.4) is 0 Å². The third-order valence-electron chi connectivity index (χ3n) is 14.9. The molecule has 1 aliphatic carbocycles. The van der Waals surface area contributed by atoms with E-state index in [4.69, 9.17) is 4.52 Å². The van der Waals surface area contributed by atoms with Crippen molar-refractivity contribution in [2.75, 3.05) is 20.6 Å². The predicted octanol–water partition coefficient (Wildman–Crippen LogP) is 4.89. The van der Waals surface area contributed by atoms with Gasteiger partial charge in [0.15, 0.2) is 5.82 Å². The fraction of sp³-hybridized carbons (Fsp3) is 0.536. The molecular weight excluding hydrogens is 925 g/mol. The van der Waals surface area contributed by atoms with E-state index in [1.807, 2.05) is 102 Å². The highest BCUT2D eigenvalue weighted by Crippen LogP contribution is 2.38. The molecule has 3 heterocycles. The second-order valence-corrected chi connectivity index (χ2v) is 22.4. The summed E-state index contributed by atoms with van der Waals surface area (Å²) in [6.45, 7) is 16.7. The molecule has 3 aliphatic rings. The summed E-state index contributed by atoms with van der Waals surface area (Å²) in [5.74, 6) is -1.78. The van der Waals surface area contributed by atoms with Crippen LogP contribution in [0.1, 0.15) is 138 Å². The number of benzene rings is 3. The van der Waals surface area contributed by atoms with Gasteiger partial charge >= 0.3 is 0 Å². The molecular formula is C56H76N10O7. The van der Waals surface area contributed by atoms with Gasteiger partial charge in [0.05, 0.1) is 24.2 Å². The molecule has 9 atom stereocenters. The number of carbonyl (C=O) groups is 6. The molecule has 1 saturated heterocycles. The van der Waals surface area contributed by atoms with Gasteiger partial charge in [-0.15, -0.1) is 0 Å². The van der Waals surface area contributed by atoms with Crippen LogP contribution in [0.5, 0.6) is 0 Å². The largest absolute Gasteiger partial charge is 0.347 e. The Labute approximate surface area is 430 Å². The molecule has 1 aromatic heterocycles. The van der Waals surface area contributed by atoms with E-state index in [-0.39, 0.29) is 55.1 Å². The molecule has 0 bridgehead atoms. The normalized spacial score (nSPS) is 20.9. The van der Waals surface area contributed by atoms with Crippen LogP contribution in [-0.2, 0) is 54.6 Å². The molecule has 4 aromatic rings. The van der Waals surface area contributed by atoms with Crippen molar-refractivity contribution in [1.82, 2.24) is 51.8 Å². The van der Waals surface area contributed by atoms with Crippen LogP contribution in [0.4, 0.5) is 0 Å². The third-order valence-corrected chi connectivity index (χ3v) is 14.9. The number of likely N-dealkylation sites (N-methyl/N-ethyl adjacent to an activating group) is 2. The van der Waals surface area contributed by atoms with E-state index >= 15 is 9.59 Å². The van der Waals surface area contributed by atoms with Gasteiger partial charge in [-0.25, -0.2) is 0 Å². The van der Waals surface area contributed by atoms with Crippen LogP contribution in [-0.4, -0.2) is 112 Å². The van der Waals surface area contributed by atoms with E-state index < -0.39 is 64.9 Å². The first-order valence-corrected chi connectivity index (χ1v) is 25.8. The highest BCUT2D eigenvalue weighted by molar-refractivity contribution is 5.95. The topological polar surface area (TPSA) is 220 Å². The van der Waals surface area contributed by atoms with Crippen LogP contribution in [0, 0.1) is 17.8 Å². The molecule has 6 unspecified atom stereocenters. The molecule has 0 saturated carbocycles. The van der Waals surface area contributed by atoms with Crippen LogP contribution >= 0.6 is 0 Å². The first-order valence-electron chi connectivity index (χ1n) is 25.8. The number of likely N-dealkylation sites (tertiary alicyclic amines) is 1. The number of aromatic nitrogens is 2. The number of amides is 6. The summed E-state index contributed by atoms with van der Waals surface area (Å²) in [4.78, 5) is 94.4. The Morgan fingerprint density at radius 3 is 1.95 bits per heavy atom. The van der Waals surface area contributed by atoms with Crippen molar-refractivity contribution in [3.8, 4) is 0 Å². The molecule has 6 N–H and O–H groups in total. The minimum atomic E-state index is -1.01. The van der Waals surface area contributed by atoms with Crippen molar-refractivity contribution in [3.05, 3.63) is 118 Å². The molecule has 0 radical (unpaired) electrons. The van der Waals surface area contributed by atoms with E-state index in [0.717, 1.165) is 47.1 Å². The van der Waals surface area contributed by atoms with Gasteiger partial charge in [-0.2, -0.15) is 4.98 Å². The lowest BCUT2D eigenvalue weighted by Crippen LogP contribution is -2.62. The molecule has 17 heteroatoms. The molecule has 2 aliphatic heterocycles. The average molecular weight is 1000 g/mol. The fourth-order valence-corrected chi connectivity index (χ4v) is 10.3. The summed E-state index contributed by atoms with van der Waals surface area (Å²) in [6.07, 6.45) is 3.46. The second-order valence-electron chi connectivity index (χ2n) is 22.4. The molecule has 6 amide bonds. The molecule has 392 valence electrons. The average Bonchev–Trinajstić information content (AvgIpc) is 4.02. The second kappa shape index (κ2) is 22.8. The number of aryl methyl sites for hydroxylation is 2. The zero-order chi connectivity index (χ0) is 52.9. The SMILES string of the molecule is CN[C@@H](C)C(=O)NC(C(=O)N1Cc2cc(C3CC(C(=O)NC4CCCc5ccccc54)N(C(=O)[C@@H](NC(=O)[C@H](C)NC)C(C)(C)C)C3)ccc2CC1C(=O)NC(Cc1ccccc1)c1noc(C)n1)C(C)(C)C. The number of hydrogen-bond acceptors (Lipinski definition) is 11. The van der Waals surface area contributed by atoms with E-state index in [0.29, 0.717) is 24.6 Å². The Balaban J connectivity index is 1.24. The van der Waals surface area contributed by atoms with Gasteiger partial charge in [-0.05, 0) is 97.8 Å². The maximum atomic E-state index is 15.2. The summed E-state index contributed by atoms with van der Waals surface area (Å²) < 4.78 is 5.36. The molecule has 1 fully saturated rings. The lowest BCUT2D eigenvalue weighted by Gasteiger charge is -2.41. The molecule has 3 aromatic carbocycles. The Kier molecular flexibility index (Phi) is 16.9. The summed E-state index contributed by atoms with van der Waals surface area (Å²) in [6, 6.07) is 18.0. The minimum Gasteiger partial charge on any atom is -0.347 e. The van der Waals surface area contributed by atoms with Gasteiger partial charge in [0, 0.05) is 38.8 Å². The predicted molar refractivity (Wildman–Crippen MR) is 277 cm³/mol. The standard InChI is InChI=1S/C56H76N10O7/c1-32(57-10)49(67)62-46(55(4,5)6)53(71)65-30-39-27-37(24-25-38(39)28-44(65)52(70)61-43(48-59-34(3)73-64-48)26-35-18-13-12-14-19-35)40-29-45(51(69)60-42-23-17-21-36-20-15-16-22-41(36)42)66(31-40)54(72)47(56(7,8)9)63-50(68)33(2)58-11/h12-16,18-20,22,24-25,27,32-33,40,42-47,57-58H,17,21,23,26,28-31H2,1-11H3,(H,60,69)(H,61,70)(H,62,67)(H,63,68)/t32-,33-,40?,42?,43?,44?,45?,46?,47+/m0/s1. The van der Waals surface area contributed by atoms with Crippen molar-refractivity contribution in [2.45, 2.75) is 162 Å². The van der Waals surface area contributed by atoms with Crippen LogP contribution in [0.15, 0.2) is 77.3 Å². The quantitative estimate of drug-likeness (QED) is 0.0888. The smallest absolute Gasteiger partial charge is 0.246 e. The monoisotopic (exact) mass is 1000 g/mol. The Bertz CT molecular complexity index is 2640. The first kappa shape index (κ1) is 54.3. The van der Waals surface area contributed by atoms with E-state index in [9.17, 15) is 19.2 Å². The zero-order valence-corrected chi connectivity index (χ0v) is 44.4. The Morgan fingerprint density at radius 1 is 0.726 bits per heavy atom. The number of rotatable bonds is 16. The van der Waals surface area contributed by atoms with Crippen LogP contribution in [0.25, 0.3) is 0 Å². The van der Waals surface area contributed by atoms with E-state index in [1.54, 1.807) is 44.7 Å². The van der Waals surface area contributed by atoms with E-state index in [1.165, 1.54) is 5.56 Å². The number of nitrogens with zero attached hydrogens (tertiary/aromatic N) is 4. The van der Waals surface area contributed by atoms with Crippen molar-refractivity contribution in [3.63, 3.8) is 0 Å². The van der Waals surface area contributed by atoms with Gasteiger partial charge in [0.1, 0.15) is 24.2 Å². The van der Waals surface area contributed by atoms with Gasteiger partial charge < -0.3 is 46.2 Å². The lowest BCUT2D eigenvalue weighted by molar-refractivity contribution is -0.147. The molecule has 0 spiro atoms. The summed E-state index contributed by atoms with van der Waals surface area (Å²) in [5, 5.41) is 22.6. The van der Waals surface area contributed by atoms with Crippen molar-refractivity contribution >= 4 is 35.4 Å². The number of hydrogen-bond donors (Lipinski definition) is 6. The van der Waals surface area contributed by atoms with Crippen molar-refractivity contribution in [2.24, 2.45) is 10.8 Å². The maximum Gasteiger partial charge on any atom is 0.246 e. The third kappa shape index (κ3) is 12.7. The summed E-state index contributed by atoms with van der Waals surface area (Å²) in [5.41, 5.74) is 4.28. The van der Waals surface area contributed by atoms with Crippen LogP contribution in [0.2, 0.25) is 0 Å². The maximum absolute atomic E-state index is 15.2. The van der Waals surface area contributed by atoms with Crippen LogP contribution < -0.4 is 31.9 Å².